The van der Waals surface area contributed by atoms with E-state index in [-0.39, 0.29) is 71.2 Å². The number of H-pyrrole nitrogens is 1. The highest BCUT2D eigenvalue weighted by Gasteiger charge is 2.48. The maximum Gasteiger partial charge on any atom is 0.407 e. The van der Waals surface area contributed by atoms with E-state index in [1.807, 2.05) is 97.1 Å². The molecule has 4 aromatic carbocycles. The highest BCUT2D eigenvalue weighted by atomic mass is 16.6. The van der Waals surface area contributed by atoms with Gasteiger partial charge in [-0.1, -0.05) is 91.0 Å². The summed E-state index contributed by atoms with van der Waals surface area (Å²) >= 11 is 0. The number of carbonyl (C=O) groups excluding carboxylic acids is 7. The van der Waals surface area contributed by atoms with Gasteiger partial charge in [0.2, 0.25) is 29.5 Å². The van der Waals surface area contributed by atoms with Gasteiger partial charge in [0.1, 0.15) is 42.6 Å². The van der Waals surface area contributed by atoms with E-state index >= 15 is 19.2 Å². The number of hydrogen-bond acceptors (Lipinski definition) is 12. The highest BCUT2D eigenvalue weighted by molar-refractivity contribution is 5.99. The van der Waals surface area contributed by atoms with Crippen LogP contribution in [-0.4, -0.2) is 156 Å². The number of aromatic nitrogens is 1. The summed E-state index contributed by atoms with van der Waals surface area (Å²) in [5.41, 5.74) is 9.85. The van der Waals surface area contributed by atoms with E-state index in [4.69, 9.17) is 15.2 Å². The number of nitrogens with one attached hydrogen (secondary N) is 6. The molecule has 0 bridgehead atoms. The first-order chi connectivity index (χ1) is 37.5. The number of amides is 6. The van der Waals surface area contributed by atoms with E-state index in [1.54, 1.807) is 18.3 Å². The maximum absolute atomic E-state index is 15.3. The second kappa shape index (κ2) is 26.0. The lowest BCUT2D eigenvalue weighted by atomic mass is 9.92. The van der Waals surface area contributed by atoms with Crippen LogP contribution >= 0.6 is 0 Å². The minimum absolute atomic E-state index is 0.0431. The third-order valence-corrected chi connectivity index (χ3v) is 15.1. The van der Waals surface area contributed by atoms with E-state index in [0.717, 1.165) is 27.6 Å². The van der Waals surface area contributed by atoms with Gasteiger partial charge >= 0.3 is 6.09 Å². The van der Waals surface area contributed by atoms with Crippen LogP contribution in [0.2, 0.25) is 0 Å². The summed E-state index contributed by atoms with van der Waals surface area (Å²) in [5.74, 6) is -3.56. The van der Waals surface area contributed by atoms with E-state index in [1.165, 1.54) is 9.80 Å². The van der Waals surface area contributed by atoms with E-state index in [9.17, 15) is 14.4 Å². The molecule has 406 valence electrons. The molecule has 8 N–H and O–H groups in total. The van der Waals surface area contributed by atoms with Crippen molar-refractivity contribution in [3.05, 3.63) is 138 Å². The molecule has 0 saturated carbocycles. The van der Waals surface area contributed by atoms with Gasteiger partial charge in [0.25, 0.3) is 0 Å². The third kappa shape index (κ3) is 14.1. The number of piperazine rings is 1. The summed E-state index contributed by atoms with van der Waals surface area (Å²) in [7, 11) is 0. The van der Waals surface area contributed by atoms with Crippen LogP contribution in [0.1, 0.15) is 54.4 Å². The quantitative estimate of drug-likeness (QED) is 0.0801. The minimum atomic E-state index is -1.22. The number of nitrogens with two attached hydrogens (primary N) is 1. The predicted molar refractivity (Wildman–Crippen MR) is 288 cm³/mol. The van der Waals surface area contributed by atoms with Crippen molar-refractivity contribution in [1.82, 2.24) is 46.3 Å². The molecule has 19 heteroatoms. The molecule has 0 aliphatic carbocycles. The molecular weight excluding hydrogens is 981 g/mol. The standard InChI is InChI=1S/C58H70N10O9/c59-23-24-61-58(75)77-44-33-51-55(72)63-47(22-19-38-10-3-1-4-11-38)54(71)64-48(31-41-34-62-46-15-8-7-14-45(41)46)52(69)32-42(35-66-28-25-60-26-29-66)53(70)65-49(56(73)67-27-9-16-50(67)57(74)68(51)36-44)30-39-17-20-43(21-18-39)76-37-40-12-5-2-6-13-40/h1-8,10-15,17-18,20-21,34,42,44,47-51,60,62H,9,16,19,22-33,35-37,59H2,(H,61,75)(H,63,72)(H,64,71)(H,65,70)/t42-,44+,47-,48+,49-,50-,51-/m0/s1. The van der Waals surface area contributed by atoms with Crippen molar-refractivity contribution in [3.63, 3.8) is 0 Å². The smallest absolute Gasteiger partial charge is 0.407 e. The molecule has 7 atom stereocenters. The van der Waals surface area contributed by atoms with Crippen molar-refractivity contribution in [2.45, 2.75) is 94.3 Å². The second-order valence-corrected chi connectivity index (χ2v) is 20.5. The summed E-state index contributed by atoms with van der Waals surface area (Å²) in [6, 6.07) is 28.4. The number of nitrogens with zero attached hydrogens (tertiary/aromatic N) is 3. The van der Waals surface area contributed by atoms with Gasteiger partial charge in [-0.25, -0.2) is 4.79 Å². The molecule has 19 nitrogen and oxygen atoms in total. The molecule has 4 aliphatic heterocycles. The first kappa shape index (κ1) is 54.2. The van der Waals surface area contributed by atoms with Crippen LogP contribution in [0.3, 0.4) is 0 Å². The number of carbonyl (C=O) groups is 7. The number of aryl methyl sites for hydroxylation is 1. The van der Waals surface area contributed by atoms with Crippen molar-refractivity contribution in [1.29, 1.82) is 0 Å². The number of fused-ring (bicyclic) bond motifs is 3. The lowest BCUT2D eigenvalue weighted by Gasteiger charge is -2.34. The average Bonchev–Trinajstić information content (AvgIpc) is 4.24. The number of Topliss-reactive ketones (excluding diaryl/α,β-unsaturated/α-hetero) is 1. The van der Waals surface area contributed by atoms with Crippen molar-refractivity contribution in [2.75, 3.05) is 58.9 Å². The normalized spacial score (nSPS) is 24.0. The van der Waals surface area contributed by atoms with Crippen molar-refractivity contribution >= 4 is 52.3 Å². The Kier molecular flexibility index (Phi) is 18.3. The Morgan fingerprint density at radius 3 is 2.14 bits per heavy atom. The molecule has 77 heavy (non-hydrogen) atoms. The average molecular weight is 1050 g/mol. The van der Waals surface area contributed by atoms with Crippen molar-refractivity contribution in [2.24, 2.45) is 11.7 Å². The Morgan fingerprint density at radius 1 is 0.688 bits per heavy atom. The van der Waals surface area contributed by atoms with Gasteiger partial charge in [-0.3, -0.25) is 28.8 Å². The zero-order valence-electron chi connectivity index (χ0n) is 43.3. The summed E-state index contributed by atoms with van der Waals surface area (Å²) in [6.07, 6.45) is 1.07. The van der Waals surface area contributed by atoms with E-state index in [2.05, 4.69) is 36.5 Å². The van der Waals surface area contributed by atoms with E-state index < -0.39 is 83.6 Å². The molecule has 0 radical (unpaired) electrons. The molecule has 4 aliphatic rings. The first-order valence-electron chi connectivity index (χ1n) is 27.0. The Labute approximate surface area is 448 Å². The SMILES string of the molecule is NCCNC(=O)O[C@@H]1C[C@H]2C(=O)N[C@@H](CCc3ccccc3)C(=O)N[C@H](Cc3c[nH]c4ccccc34)C(=O)C[C@@H](CN3CCNCC3)C(=O)N[C@@H](Cc3ccc(OCc4ccccc4)cc3)C(=O)N3CCC[C@H]3C(=O)N2C1. The zero-order valence-corrected chi connectivity index (χ0v) is 43.3. The van der Waals surface area contributed by atoms with E-state index in [0.29, 0.717) is 56.9 Å². The largest absolute Gasteiger partial charge is 0.489 e. The molecule has 4 saturated heterocycles. The fraction of sp³-hybridized carbons (Fsp3) is 0.431. The molecule has 0 spiro atoms. The third-order valence-electron chi connectivity index (χ3n) is 15.1. The lowest BCUT2D eigenvalue weighted by molar-refractivity contribution is -0.148. The number of ether oxygens (including phenoxy) is 2. The predicted octanol–water partition coefficient (Wildman–Crippen LogP) is 2.76. The number of para-hydroxylation sites is 1. The van der Waals surface area contributed by atoms with Crippen LogP contribution < -0.4 is 37.1 Å². The summed E-state index contributed by atoms with van der Waals surface area (Å²) < 4.78 is 11.8. The lowest BCUT2D eigenvalue weighted by Crippen LogP contribution is -2.59. The van der Waals surface area contributed by atoms with Gasteiger partial charge < -0.3 is 61.5 Å². The van der Waals surface area contributed by atoms with Gasteiger partial charge in [-0.15, -0.1) is 0 Å². The van der Waals surface area contributed by atoms with Gasteiger partial charge in [0.05, 0.1) is 18.5 Å². The fourth-order valence-corrected chi connectivity index (χ4v) is 11.0. The van der Waals surface area contributed by atoms with Gasteiger partial charge in [0.15, 0.2) is 5.78 Å². The zero-order chi connectivity index (χ0) is 53.7. The van der Waals surface area contributed by atoms with Crippen LogP contribution in [0.4, 0.5) is 4.79 Å². The summed E-state index contributed by atoms with van der Waals surface area (Å²) in [5, 5.41) is 15.9. The Balaban J connectivity index is 1.08. The molecule has 9 rings (SSSR count). The first-order valence-corrected chi connectivity index (χ1v) is 27.0. The number of ketones is 1. The van der Waals surface area contributed by atoms with Gasteiger partial charge in [0, 0.05) is 95.1 Å². The second-order valence-electron chi connectivity index (χ2n) is 20.5. The van der Waals surface area contributed by atoms with Gasteiger partial charge in [-0.05, 0) is 66.1 Å². The number of alkyl carbamates (subject to hydrolysis) is 1. The van der Waals surface area contributed by atoms with Crippen LogP contribution in [0.15, 0.2) is 115 Å². The van der Waals surface area contributed by atoms with Crippen LogP contribution in [-0.2, 0) is 59.4 Å². The topological polar surface area (TPSA) is 250 Å². The summed E-state index contributed by atoms with van der Waals surface area (Å²) in [6.45, 7) is 3.48. The maximum atomic E-state index is 15.3. The number of rotatable bonds is 15. The Hall–Kier alpha value is -7.61. The Bertz CT molecular complexity index is 2840. The molecular formula is C58H70N10O9. The summed E-state index contributed by atoms with van der Waals surface area (Å²) in [4.78, 5) is 112. The minimum Gasteiger partial charge on any atom is -0.489 e. The number of hydrogen-bond donors (Lipinski definition) is 7. The molecule has 5 heterocycles. The molecule has 0 unspecified atom stereocenters. The van der Waals surface area contributed by atoms with Crippen molar-refractivity contribution < 1.29 is 43.0 Å². The monoisotopic (exact) mass is 1050 g/mol. The fourth-order valence-electron chi connectivity index (χ4n) is 11.0. The van der Waals surface area contributed by atoms with Crippen LogP contribution in [0, 0.1) is 5.92 Å². The molecule has 5 aromatic rings. The number of benzene rings is 4. The molecule has 6 amide bonds. The molecule has 4 fully saturated rings. The number of aromatic amines is 1. The van der Waals surface area contributed by atoms with Crippen LogP contribution in [0.5, 0.6) is 5.75 Å². The van der Waals surface area contributed by atoms with Gasteiger partial charge in [-0.2, -0.15) is 0 Å². The van der Waals surface area contributed by atoms with Crippen molar-refractivity contribution in [3.8, 4) is 5.75 Å². The highest BCUT2D eigenvalue weighted by Crippen LogP contribution is 2.29. The van der Waals surface area contributed by atoms with Crippen LogP contribution in [0.25, 0.3) is 10.9 Å². The Morgan fingerprint density at radius 2 is 1.39 bits per heavy atom. The molecule has 1 aromatic heterocycles.